The number of hydrogen-bond donors (Lipinski definition) is 2. The Morgan fingerprint density at radius 1 is 1.42 bits per heavy atom. The quantitative estimate of drug-likeness (QED) is 0.863. The summed E-state index contributed by atoms with van der Waals surface area (Å²) < 4.78 is 0. The summed E-state index contributed by atoms with van der Waals surface area (Å²) in [4.78, 5) is 11.0. The van der Waals surface area contributed by atoms with Gasteiger partial charge in [-0.15, -0.1) is 0 Å². The molecule has 0 heterocycles. The molecular formula is C16H23NO2. The average molecular weight is 261 g/mol. The second-order valence-electron chi connectivity index (χ2n) is 5.85. The molecule has 1 fully saturated rings. The summed E-state index contributed by atoms with van der Waals surface area (Å²) in [5, 5.41) is 12.4. The molecule has 1 aliphatic rings. The van der Waals surface area contributed by atoms with Crippen molar-refractivity contribution >= 4 is 11.7 Å². The van der Waals surface area contributed by atoms with Gasteiger partial charge in [0, 0.05) is 12.2 Å². The number of aromatic carboxylic acids is 1. The van der Waals surface area contributed by atoms with Crippen LogP contribution in [0.15, 0.2) is 18.2 Å². The summed E-state index contributed by atoms with van der Waals surface area (Å²) in [6.45, 7) is 5.17. The van der Waals surface area contributed by atoms with Gasteiger partial charge >= 0.3 is 5.97 Å². The molecule has 0 spiro atoms. The molecule has 0 bridgehead atoms. The predicted octanol–water partition coefficient (Wildman–Crippen LogP) is 3.93. The van der Waals surface area contributed by atoms with Crippen molar-refractivity contribution in [1.29, 1.82) is 0 Å². The molecule has 1 aromatic carbocycles. The van der Waals surface area contributed by atoms with Gasteiger partial charge in [-0.05, 0) is 55.4 Å². The first kappa shape index (κ1) is 13.9. The van der Waals surface area contributed by atoms with Crippen LogP contribution in [-0.2, 0) is 0 Å². The Morgan fingerprint density at radius 3 is 2.84 bits per heavy atom. The zero-order valence-corrected chi connectivity index (χ0v) is 11.8. The molecule has 3 nitrogen and oxygen atoms in total. The number of carbonyl (C=O) groups is 1. The molecule has 1 aromatic rings. The van der Waals surface area contributed by atoms with Crippen LogP contribution in [0.2, 0.25) is 0 Å². The van der Waals surface area contributed by atoms with Crippen molar-refractivity contribution < 1.29 is 9.90 Å². The second-order valence-corrected chi connectivity index (χ2v) is 5.85. The van der Waals surface area contributed by atoms with E-state index in [4.69, 9.17) is 5.11 Å². The molecule has 104 valence electrons. The fourth-order valence-corrected chi connectivity index (χ4v) is 3.02. The number of carboxylic acids is 1. The van der Waals surface area contributed by atoms with Crippen molar-refractivity contribution in [1.82, 2.24) is 0 Å². The summed E-state index contributed by atoms with van der Waals surface area (Å²) in [5.74, 6) is 0.741. The molecule has 1 aliphatic carbocycles. The van der Waals surface area contributed by atoms with Crippen LogP contribution in [0, 0.1) is 18.8 Å². The number of carboxylic acid groups (broad SMARTS) is 1. The van der Waals surface area contributed by atoms with Gasteiger partial charge in [0.2, 0.25) is 0 Å². The Hall–Kier alpha value is -1.51. The Bertz CT molecular complexity index is 456. The van der Waals surface area contributed by atoms with Gasteiger partial charge in [0.25, 0.3) is 0 Å². The zero-order valence-electron chi connectivity index (χ0n) is 11.8. The molecule has 2 unspecified atom stereocenters. The third-order valence-corrected chi connectivity index (χ3v) is 4.10. The van der Waals surface area contributed by atoms with Crippen molar-refractivity contribution in [3.05, 3.63) is 29.3 Å². The largest absolute Gasteiger partial charge is 0.478 e. The maximum absolute atomic E-state index is 11.0. The molecule has 1 saturated carbocycles. The topological polar surface area (TPSA) is 49.3 Å². The van der Waals surface area contributed by atoms with E-state index < -0.39 is 5.97 Å². The third-order valence-electron chi connectivity index (χ3n) is 4.10. The van der Waals surface area contributed by atoms with Gasteiger partial charge in [-0.1, -0.05) is 19.8 Å². The van der Waals surface area contributed by atoms with Crippen molar-refractivity contribution in [2.45, 2.75) is 39.5 Å². The lowest BCUT2D eigenvalue weighted by Crippen LogP contribution is -2.21. The maximum atomic E-state index is 11.0. The summed E-state index contributed by atoms with van der Waals surface area (Å²) in [7, 11) is 0. The molecule has 0 aliphatic heterocycles. The molecule has 2 rings (SSSR count). The molecule has 2 N–H and O–H groups in total. The Labute approximate surface area is 115 Å². The Kier molecular flexibility index (Phi) is 4.46. The van der Waals surface area contributed by atoms with Crippen LogP contribution < -0.4 is 5.32 Å². The fraction of sp³-hybridized carbons (Fsp3) is 0.562. The van der Waals surface area contributed by atoms with Crippen LogP contribution in [0.3, 0.4) is 0 Å². The normalized spacial score (nSPS) is 23.1. The number of aryl methyl sites for hydroxylation is 1. The molecule has 0 aromatic heterocycles. The number of benzene rings is 1. The third kappa shape index (κ3) is 3.72. The van der Waals surface area contributed by atoms with Crippen LogP contribution >= 0.6 is 0 Å². The van der Waals surface area contributed by atoms with Crippen LogP contribution in [0.25, 0.3) is 0 Å². The van der Waals surface area contributed by atoms with Crippen molar-refractivity contribution in [2.24, 2.45) is 11.8 Å². The molecule has 0 saturated heterocycles. The molecule has 3 heteroatoms. The highest BCUT2D eigenvalue weighted by atomic mass is 16.4. The molecule has 0 radical (unpaired) electrons. The minimum atomic E-state index is -0.856. The highest BCUT2D eigenvalue weighted by molar-refractivity contribution is 5.89. The monoisotopic (exact) mass is 261 g/mol. The van der Waals surface area contributed by atoms with Crippen LogP contribution in [0.5, 0.6) is 0 Å². The molecule has 19 heavy (non-hydrogen) atoms. The van der Waals surface area contributed by atoms with Gasteiger partial charge in [-0.2, -0.15) is 0 Å². The lowest BCUT2D eigenvalue weighted by Gasteiger charge is -2.27. The van der Waals surface area contributed by atoms with Crippen molar-refractivity contribution in [2.75, 3.05) is 11.9 Å². The summed E-state index contributed by atoms with van der Waals surface area (Å²) in [5.41, 5.74) is 2.23. The highest BCUT2D eigenvalue weighted by Gasteiger charge is 2.18. The second kappa shape index (κ2) is 6.09. The standard InChI is InChI=1S/C16H23NO2/c1-11-4-3-5-13(8-11)10-17-14-6-7-15(16(18)19)12(2)9-14/h6-7,9,11,13,17H,3-5,8,10H2,1-2H3,(H,18,19). The van der Waals surface area contributed by atoms with E-state index in [1.165, 1.54) is 25.7 Å². The van der Waals surface area contributed by atoms with Crippen LogP contribution in [0.1, 0.15) is 48.5 Å². The minimum absolute atomic E-state index is 0.386. The van der Waals surface area contributed by atoms with E-state index in [1.54, 1.807) is 6.07 Å². The SMILES string of the molecule is Cc1cc(NCC2CCCC(C)C2)ccc1C(=O)O. The smallest absolute Gasteiger partial charge is 0.335 e. The van der Waals surface area contributed by atoms with E-state index in [0.29, 0.717) is 5.56 Å². The van der Waals surface area contributed by atoms with Gasteiger partial charge in [-0.25, -0.2) is 4.79 Å². The van der Waals surface area contributed by atoms with Gasteiger partial charge in [0.05, 0.1) is 5.56 Å². The number of anilines is 1. The Morgan fingerprint density at radius 2 is 2.21 bits per heavy atom. The number of rotatable bonds is 4. The Balaban J connectivity index is 1.92. The minimum Gasteiger partial charge on any atom is -0.478 e. The van der Waals surface area contributed by atoms with Crippen molar-refractivity contribution in [3.63, 3.8) is 0 Å². The van der Waals surface area contributed by atoms with E-state index in [9.17, 15) is 4.79 Å². The van der Waals surface area contributed by atoms with E-state index in [0.717, 1.165) is 29.6 Å². The number of nitrogens with one attached hydrogen (secondary N) is 1. The van der Waals surface area contributed by atoms with E-state index >= 15 is 0 Å². The number of hydrogen-bond acceptors (Lipinski definition) is 2. The van der Waals surface area contributed by atoms with Gasteiger partial charge < -0.3 is 10.4 Å². The first-order valence-corrected chi connectivity index (χ1v) is 7.14. The highest BCUT2D eigenvalue weighted by Crippen LogP contribution is 2.28. The lowest BCUT2D eigenvalue weighted by molar-refractivity contribution is 0.0696. The average Bonchev–Trinajstić information content (AvgIpc) is 2.36. The first-order valence-electron chi connectivity index (χ1n) is 7.14. The van der Waals surface area contributed by atoms with Gasteiger partial charge in [0.1, 0.15) is 0 Å². The van der Waals surface area contributed by atoms with E-state index in [1.807, 2.05) is 19.1 Å². The first-order chi connectivity index (χ1) is 9.06. The summed E-state index contributed by atoms with van der Waals surface area (Å²) >= 11 is 0. The van der Waals surface area contributed by atoms with Gasteiger partial charge in [-0.3, -0.25) is 0 Å². The van der Waals surface area contributed by atoms with Gasteiger partial charge in [0.15, 0.2) is 0 Å². The molecule has 0 amide bonds. The van der Waals surface area contributed by atoms with Crippen LogP contribution in [0.4, 0.5) is 5.69 Å². The summed E-state index contributed by atoms with van der Waals surface area (Å²) in [6, 6.07) is 5.47. The van der Waals surface area contributed by atoms with E-state index in [-0.39, 0.29) is 0 Å². The zero-order chi connectivity index (χ0) is 13.8. The van der Waals surface area contributed by atoms with E-state index in [2.05, 4.69) is 12.2 Å². The van der Waals surface area contributed by atoms with Crippen LogP contribution in [-0.4, -0.2) is 17.6 Å². The maximum Gasteiger partial charge on any atom is 0.335 e. The fourth-order valence-electron chi connectivity index (χ4n) is 3.02. The predicted molar refractivity (Wildman–Crippen MR) is 77.8 cm³/mol. The lowest BCUT2D eigenvalue weighted by atomic mass is 9.82. The molecular weight excluding hydrogens is 238 g/mol. The molecule has 2 atom stereocenters. The summed E-state index contributed by atoms with van der Waals surface area (Å²) in [6.07, 6.45) is 5.32. The van der Waals surface area contributed by atoms with Crippen molar-refractivity contribution in [3.8, 4) is 0 Å².